The predicted molar refractivity (Wildman–Crippen MR) is 114 cm³/mol. The molecule has 0 saturated carbocycles. The summed E-state index contributed by atoms with van der Waals surface area (Å²) < 4.78 is 21.1. The standard InChI is InChI=1S/C18H21N4O6PS/c1-12(22(11-23)15-9-20-13(2)21-17(15)19)16(10-28-29(25,26)27-3)30-18(24)14-7-5-4-6-8-14/h4-9,11H,10H2,1-3H3,(H,25,26)(H2,19,20,21). The number of aryl methyl sites for hydroxylation is 1. The molecular formula is C18H21N4O6PS. The van der Waals surface area contributed by atoms with E-state index in [0.29, 0.717) is 17.8 Å². The third-order valence-corrected chi connectivity index (χ3v) is 5.86. The van der Waals surface area contributed by atoms with Crippen molar-refractivity contribution in [2.24, 2.45) is 0 Å². The Labute approximate surface area is 177 Å². The molecule has 1 unspecified atom stereocenters. The summed E-state index contributed by atoms with van der Waals surface area (Å²) in [5, 5.41) is -0.349. The van der Waals surface area contributed by atoms with Crippen LogP contribution in [0.4, 0.5) is 11.5 Å². The van der Waals surface area contributed by atoms with Gasteiger partial charge in [-0.15, -0.1) is 0 Å². The van der Waals surface area contributed by atoms with Crippen molar-refractivity contribution in [3.8, 4) is 0 Å². The van der Waals surface area contributed by atoms with Gasteiger partial charge in [-0.25, -0.2) is 14.5 Å². The number of carbonyl (C=O) groups is 2. The van der Waals surface area contributed by atoms with Crippen LogP contribution in [-0.2, 0) is 18.4 Å². The highest BCUT2D eigenvalue weighted by atomic mass is 32.2. The molecule has 1 amide bonds. The largest absolute Gasteiger partial charge is 0.472 e. The van der Waals surface area contributed by atoms with Gasteiger partial charge in [-0.3, -0.25) is 23.5 Å². The van der Waals surface area contributed by atoms with E-state index in [4.69, 9.17) is 10.3 Å². The maximum atomic E-state index is 12.7. The smallest absolute Gasteiger partial charge is 0.382 e. The summed E-state index contributed by atoms with van der Waals surface area (Å²) in [4.78, 5) is 43.4. The van der Waals surface area contributed by atoms with Crippen LogP contribution in [0, 0.1) is 6.92 Å². The lowest BCUT2D eigenvalue weighted by atomic mass is 10.2. The molecule has 1 aromatic heterocycles. The molecule has 30 heavy (non-hydrogen) atoms. The van der Waals surface area contributed by atoms with Crippen LogP contribution in [0.15, 0.2) is 47.1 Å². The lowest BCUT2D eigenvalue weighted by Crippen LogP contribution is -2.23. The summed E-state index contributed by atoms with van der Waals surface area (Å²) in [6.45, 7) is 2.71. The van der Waals surface area contributed by atoms with Crippen LogP contribution >= 0.6 is 19.6 Å². The average molecular weight is 452 g/mol. The van der Waals surface area contributed by atoms with Gasteiger partial charge in [-0.1, -0.05) is 30.3 Å². The number of hydrogen-bond donors (Lipinski definition) is 2. The van der Waals surface area contributed by atoms with Crippen LogP contribution in [0.3, 0.4) is 0 Å². The van der Waals surface area contributed by atoms with Gasteiger partial charge in [0.15, 0.2) is 5.82 Å². The fourth-order valence-electron chi connectivity index (χ4n) is 2.26. The van der Waals surface area contributed by atoms with Gasteiger partial charge >= 0.3 is 7.82 Å². The van der Waals surface area contributed by atoms with Gasteiger partial charge in [-0.05, 0) is 25.6 Å². The van der Waals surface area contributed by atoms with Crippen molar-refractivity contribution < 1.29 is 28.1 Å². The van der Waals surface area contributed by atoms with E-state index in [1.165, 1.54) is 13.1 Å². The van der Waals surface area contributed by atoms with Crippen LogP contribution in [0.5, 0.6) is 0 Å². The molecule has 0 fully saturated rings. The minimum Gasteiger partial charge on any atom is -0.382 e. The number of nitrogen functional groups attached to an aromatic ring is 1. The molecule has 0 aliphatic carbocycles. The second-order valence-electron chi connectivity index (χ2n) is 5.85. The van der Waals surface area contributed by atoms with Gasteiger partial charge in [-0.2, -0.15) is 0 Å². The van der Waals surface area contributed by atoms with Gasteiger partial charge in [0.25, 0.3) is 0 Å². The second kappa shape index (κ2) is 10.5. The molecule has 1 aromatic carbocycles. The summed E-state index contributed by atoms with van der Waals surface area (Å²) in [7, 11) is -3.31. The molecule has 0 bridgehead atoms. The zero-order valence-electron chi connectivity index (χ0n) is 16.5. The lowest BCUT2D eigenvalue weighted by Gasteiger charge is -2.22. The van der Waals surface area contributed by atoms with Gasteiger partial charge in [0, 0.05) is 23.3 Å². The van der Waals surface area contributed by atoms with Crippen molar-refractivity contribution >= 4 is 42.6 Å². The van der Waals surface area contributed by atoms with E-state index in [2.05, 4.69) is 14.5 Å². The first-order valence-electron chi connectivity index (χ1n) is 8.52. The maximum Gasteiger partial charge on any atom is 0.472 e. The molecule has 10 nitrogen and oxygen atoms in total. The van der Waals surface area contributed by atoms with Crippen LogP contribution in [0.25, 0.3) is 0 Å². The highest BCUT2D eigenvalue weighted by Gasteiger charge is 2.24. The minimum atomic E-state index is -4.32. The summed E-state index contributed by atoms with van der Waals surface area (Å²) in [5.41, 5.74) is 6.75. The van der Waals surface area contributed by atoms with Gasteiger partial charge in [0.2, 0.25) is 11.5 Å². The molecule has 1 atom stereocenters. The molecule has 0 saturated heterocycles. The Kier molecular flexibility index (Phi) is 8.27. The Morgan fingerprint density at radius 1 is 1.37 bits per heavy atom. The number of phosphoric ester groups is 1. The monoisotopic (exact) mass is 452 g/mol. The van der Waals surface area contributed by atoms with Crippen molar-refractivity contribution in [2.45, 2.75) is 13.8 Å². The molecule has 0 spiro atoms. The Morgan fingerprint density at radius 2 is 2.03 bits per heavy atom. The number of carbonyl (C=O) groups excluding carboxylic acids is 2. The van der Waals surface area contributed by atoms with E-state index >= 15 is 0 Å². The third kappa shape index (κ3) is 6.22. The van der Waals surface area contributed by atoms with Gasteiger partial charge in [0.05, 0.1) is 12.8 Å². The number of phosphoric acid groups is 1. The lowest BCUT2D eigenvalue weighted by molar-refractivity contribution is -0.107. The molecule has 2 rings (SSSR count). The molecule has 2 aromatic rings. The summed E-state index contributed by atoms with van der Waals surface area (Å²) in [6, 6.07) is 8.42. The zero-order chi connectivity index (χ0) is 22.3. The van der Waals surface area contributed by atoms with E-state index in [-0.39, 0.29) is 27.2 Å². The number of anilines is 2. The Morgan fingerprint density at radius 3 is 2.60 bits per heavy atom. The highest BCUT2D eigenvalue weighted by Crippen LogP contribution is 2.43. The number of nitrogens with zero attached hydrogens (tertiary/aromatic N) is 3. The van der Waals surface area contributed by atoms with Crippen LogP contribution in [0.1, 0.15) is 23.1 Å². The number of amides is 1. The number of thioether (sulfide) groups is 1. The molecule has 0 aliphatic heterocycles. The predicted octanol–water partition coefficient (Wildman–Crippen LogP) is 2.90. The SMILES string of the molecule is COP(=O)(O)OCC(SC(=O)c1ccccc1)=C(C)N(C=O)c1cnc(C)nc1N. The first-order chi connectivity index (χ1) is 14.2. The highest BCUT2D eigenvalue weighted by molar-refractivity contribution is 8.17. The normalized spacial score (nSPS) is 13.9. The molecule has 3 N–H and O–H groups in total. The fraction of sp³-hybridized carbons (Fsp3) is 0.222. The number of nitrogens with two attached hydrogens (primary N) is 1. The number of aromatic nitrogens is 2. The fourth-order valence-corrected chi connectivity index (χ4v) is 3.59. The van der Waals surface area contributed by atoms with Gasteiger partial charge in [0.1, 0.15) is 11.5 Å². The van der Waals surface area contributed by atoms with E-state index in [9.17, 15) is 19.0 Å². The van der Waals surface area contributed by atoms with Crippen molar-refractivity contribution in [3.05, 3.63) is 58.5 Å². The first-order valence-corrected chi connectivity index (χ1v) is 10.8. The van der Waals surface area contributed by atoms with Crippen LogP contribution in [-0.4, -0.2) is 40.1 Å². The number of allylic oxidation sites excluding steroid dienone is 1. The molecule has 12 heteroatoms. The summed E-state index contributed by atoms with van der Waals surface area (Å²) in [6.07, 6.45) is 1.84. The number of rotatable bonds is 9. The maximum absolute atomic E-state index is 12.7. The van der Waals surface area contributed by atoms with E-state index in [0.717, 1.165) is 23.8 Å². The van der Waals surface area contributed by atoms with E-state index < -0.39 is 14.4 Å². The van der Waals surface area contributed by atoms with E-state index in [1.54, 1.807) is 37.3 Å². The van der Waals surface area contributed by atoms with E-state index in [1.807, 2.05) is 0 Å². The van der Waals surface area contributed by atoms with Crippen LogP contribution < -0.4 is 10.6 Å². The summed E-state index contributed by atoms with van der Waals surface area (Å²) >= 11 is 0.750. The first kappa shape index (κ1) is 23.7. The van der Waals surface area contributed by atoms with Gasteiger partial charge < -0.3 is 10.6 Å². The molecule has 0 radical (unpaired) electrons. The van der Waals surface area contributed by atoms with Crippen LogP contribution in [0.2, 0.25) is 0 Å². The minimum absolute atomic E-state index is 0.0540. The number of hydrogen-bond acceptors (Lipinski definition) is 9. The Balaban J connectivity index is 2.45. The quantitative estimate of drug-likeness (QED) is 0.430. The summed E-state index contributed by atoms with van der Waals surface area (Å²) in [5.74, 6) is 0.473. The number of benzene rings is 1. The molecule has 160 valence electrons. The molecular weight excluding hydrogens is 431 g/mol. The Hall–Kier alpha value is -2.56. The molecule has 0 aliphatic rings. The van der Waals surface area contributed by atoms with Crippen molar-refractivity contribution in [1.29, 1.82) is 0 Å². The third-order valence-electron chi connectivity index (χ3n) is 3.86. The topological polar surface area (TPSA) is 145 Å². The second-order valence-corrected chi connectivity index (χ2v) is 8.48. The molecule has 1 heterocycles. The zero-order valence-corrected chi connectivity index (χ0v) is 18.2. The Bertz CT molecular complexity index is 1000. The van der Waals surface area contributed by atoms with Crippen molar-refractivity contribution in [3.63, 3.8) is 0 Å². The van der Waals surface area contributed by atoms with Crippen molar-refractivity contribution in [2.75, 3.05) is 24.4 Å². The average Bonchev–Trinajstić information content (AvgIpc) is 2.73. The van der Waals surface area contributed by atoms with Crippen molar-refractivity contribution in [1.82, 2.24) is 9.97 Å².